The number of tetrazole rings is 1. The molecule has 0 N–H and O–H groups in total. The minimum Gasteiger partial charge on any atom is -0.337 e. The molecule has 0 aliphatic heterocycles. The van der Waals surface area contributed by atoms with Crippen LogP contribution in [-0.2, 0) is 17.9 Å². The second kappa shape index (κ2) is 8.93. The Morgan fingerprint density at radius 1 is 1.36 bits per heavy atom. The first kappa shape index (κ1) is 18.6. The van der Waals surface area contributed by atoms with Gasteiger partial charge in [-0.25, -0.2) is 4.68 Å². The van der Waals surface area contributed by atoms with E-state index >= 15 is 0 Å². The number of nitrogens with zero attached hydrogens (tertiary/aromatic N) is 5. The lowest BCUT2D eigenvalue weighted by molar-refractivity contribution is -0.128. The third-order valence-electron chi connectivity index (χ3n) is 3.42. The lowest BCUT2D eigenvalue weighted by Crippen LogP contribution is -2.31. The monoisotopic (exact) mass is 457 g/mol. The molecule has 0 saturated carbocycles. The van der Waals surface area contributed by atoms with E-state index in [1.165, 1.54) is 16.6 Å². The average Bonchev–Trinajstić information content (AvgIpc) is 3.34. The Balaban J connectivity index is 1.57. The summed E-state index contributed by atoms with van der Waals surface area (Å²) in [5.41, 5.74) is 0. The second-order valence-electron chi connectivity index (χ2n) is 5.10. The van der Waals surface area contributed by atoms with Gasteiger partial charge in [0, 0.05) is 16.3 Å². The molecule has 3 aromatic heterocycles. The third kappa shape index (κ3) is 5.13. The van der Waals surface area contributed by atoms with Crippen LogP contribution in [0.15, 0.2) is 38.6 Å². The van der Waals surface area contributed by atoms with Crippen molar-refractivity contribution in [1.82, 2.24) is 25.1 Å². The molecular weight excluding hydrogens is 442 g/mol. The first-order chi connectivity index (χ1) is 12.2. The highest BCUT2D eigenvalue weighted by Crippen LogP contribution is 2.24. The van der Waals surface area contributed by atoms with E-state index < -0.39 is 0 Å². The molecule has 0 atom stereocenters. The average molecular weight is 458 g/mol. The third-order valence-corrected chi connectivity index (χ3v) is 6.83. The van der Waals surface area contributed by atoms with E-state index in [9.17, 15) is 4.79 Å². The number of halogens is 1. The number of carbonyl (C=O) groups excluding carboxylic acids is 1. The molecule has 0 radical (unpaired) electrons. The minimum atomic E-state index is 0.0858. The van der Waals surface area contributed by atoms with Gasteiger partial charge in [-0.2, -0.15) is 0 Å². The summed E-state index contributed by atoms with van der Waals surface area (Å²) >= 11 is 8.15. The Morgan fingerprint density at radius 2 is 2.24 bits per heavy atom. The molecule has 0 fully saturated rings. The van der Waals surface area contributed by atoms with Crippen molar-refractivity contribution in [3.63, 3.8) is 0 Å². The molecule has 0 spiro atoms. The molecule has 0 bridgehead atoms. The van der Waals surface area contributed by atoms with Crippen molar-refractivity contribution < 1.29 is 4.79 Å². The fraction of sp³-hybridized carbons (Fsp3) is 0.333. The first-order valence-corrected chi connectivity index (χ1v) is 11.1. The van der Waals surface area contributed by atoms with E-state index in [4.69, 9.17) is 0 Å². The molecular formula is C15H16BrN5OS3. The van der Waals surface area contributed by atoms with Gasteiger partial charge in [0.15, 0.2) is 0 Å². The highest BCUT2D eigenvalue weighted by atomic mass is 79.9. The summed E-state index contributed by atoms with van der Waals surface area (Å²) in [6, 6.07) is 8.10. The molecule has 0 saturated heterocycles. The molecule has 0 aliphatic carbocycles. The van der Waals surface area contributed by atoms with Crippen LogP contribution in [0.4, 0.5) is 0 Å². The summed E-state index contributed by atoms with van der Waals surface area (Å²) in [6.45, 7) is 3.93. The minimum absolute atomic E-state index is 0.0858. The molecule has 1 amide bonds. The smallest absolute Gasteiger partial charge is 0.233 e. The number of aromatic nitrogens is 4. The van der Waals surface area contributed by atoms with Crippen LogP contribution in [0.3, 0.4) is 0 Å². The van der Waals surface area contributed by atoms with Crippen LogP contribution >= 0.6 is 50.4 Å². The molecule has 10 heteroatoms. The van der Waals surface area contributed by atoms with Gasteiger partial charge in [0.1, 0.15) is 0 Å². The molecule has 0 aliphatic rings. The lowest BCUT2D eigenvalue weighted by Gasteiger charge is -2.19. The van der Waals surface area contributed by atoms with Gasteiger partial charge in [0.2, 0.25) is 11.1 Å². The normalized spacial score (nSPS) is 11.0. The molecule has 0 unspecified atom stereocenters. The van der Waals surface area contributed by atoms with Gasteiger partial charge < -0.3 is 4.90 Å². The highest BCUT2D eigenvalue weighted by Gasteiger charge is 2.16. The zero-order chi connectivity index (χ0) is 17.6. The van der Waals surface area contributed by atoms with Gasteiger partial charge in [0.05, 0.1) is 22.6 Å². The number of hydrogen-bond acceptors (Lipinski definition) is 7. The van der Waals surface area contributed by atoms with E-state index in [0.717, 1.165) is 8.66 Å². The fourth-order valence-corrected chi connectivity index (χ4v) is 5.13. The van der Waals surface area contributed by atoms with Crippen LogP contribution < -0.4 is 0 Å². The number of hydrogen-bond donors (Lipinski definition) is 0. The molecule has 25 heavy (non-hydrogen) atoms. The first-order valence-electron chi connectivity index (χ1n) is 7.59. The summed E-state index contributed by atoms with van der Waals surface area (Å²) in [5, 5.41) is 14.5. The maximum atomic E-state index is 12.5. The van der Waals surface area contributed by atoms with Crippen molar-refractivity contribution >= 4 is 56.3 Å². The lowest BCUT2D eigenvalue weighted by atomic mass is 10.4. The largest absolute Gasteiger partial charge is 0.337 e. The van der Waals surface area contributed by atoms with Crippen molar-refractivity contribution in [2.75, 3.05) is 12.3 Å². The Labute approximate surface area is 166 Å². The van der Waals surface area contributed by atoms with Gasteiger partial charge in [0.25, 0.3) is 0 Å². The van der Waals surface area contributed by atoms with Crippen molar-refractivity contribution in [3.8, 4) is 0 Å². The molecule has 132 valence electrons. The summed E-state index contributed by atoms with van der Waals surface area (Å²) in [5.74, 6) is 0.410. The standard InChI is InChI=1S/C15H16BrN5OS3/c1-2-20(8-12-5-6-13(16)25-12)14(22)10-24-15-17-18-19-21(15)9-11-4-3-7-23-11/h3-7H,2,8-10H2,1H3. The Bertz CT molecular complexity index is 817. The maximum absolute atomic E-state index is 12.5. The topological polar surface area (TPSA) is 63.9 Å². The molecule has 6 nitrogen and oxygen atoms in total. The van der Waals surface area contributed by atoms with Crippen LogP contribution in [0.1, 0.15) is 16.7 Å². The van der Waals surface area contributed by atoms with Gasteiger partial charge in [-0.15, -0.1) is 27.8 Å². The van der Waals surface area contributed by atoms with E-state index in [-0.39, 0.29) is 5.91 Å². The van der Waals surface area contributed by atoms with Crippen LogP contribution in [0, 0.1) is 0 Å². The van der Waals surface area contributed by atoms with Crippen LogP contribution in [0.25, 0.3) is 0 Å². The summed E-state index contributed by atoms with van der Waals surface area (Å²) in [6.07, 6.45) is 0. The summed E-state index contributed by atoms with van der Waals surface area (Å²) in [4.78, 5) is 16.7. The van der Waals surface area contributed by atoms with Crippen LogP contribution in [0.2, 0.25) is 0 Å². The SMILES string of the molecule is CCN(Cc1ccc(Br)s1)C(=O)CSc1nnnn1Cc1cccs1. The van der Waals surface area contributed by atoms with Gasteiger partial charge in [-0.05, 0) is 56.9 Å². The Hall–Kier alpha value is -1.23. The molecule has 3 rings (SSSR count). The Kier molecular flexibility index (Phi) is 6.63. The van der Waals surface area contributed by atoms with Crippen LogP contribution in [-0.4, -0.2) is 43.3 Å². The van der Waals surface area contributed by atoms with E-state index in [1.807, 2.05) is 41.5 Å². The zero-order valence-electron chi connectivity index (χ0n) is 13.5. The van der Waals surface area contributed by atoms with Crippen molar-refractivity contribution in [2.45, 2.75) is 25.2 Å². The number of rotatable bonds is 8. The van der Waals surface area contributed by atoms with Crippen molar-refractivity contribution in [1.29, 1.82) is 0 Å². The van der Waals surface area contributed by atoms with Crippen LogP contribution in [0.5, 0.6) is 0 Å². The van der Waals surface area contributed by atoms with E-state index in [2.05, 4.69) is 31.5 Å². The zero-order valence-corrected chi connectivity index (χ0v) is 17.5. The summed E-state index contributed by atoms with van der Waals surface area (Å²) < 4.78 is 2.81. The van der Waals surface area contributed by atoms with E-state index in [1.54, 1.807) is 27.4 Å². The van der Waals surface area contributed by atoms with Crippen molar-refractivity contribution in [2.24, 2.45) is 0 Å². The van der Waals surface area contributed by atoms with Gasteiger partial charge >= 0.3 is 0 Å². The number of amides is 1. The maximum Gasteiger partial charge on any atom is 0.233 e. The summed E-state index contributed by atoms with van der Waals surface area (Å²) in [7, 11) is 0. The second-order valence-corrected chi connectivity index (χ2v) is 9.62. The Morgan fingerprint density at radius 3 is 2.92 bits per heavy atom. The van der Waals surface area contributed by atoms with Gasteiger partial charge in [-0.1, -0.05) is 17.8 Å². The van der Waals surface area contributed by atoms with Gasteiger partial charge in [-0.3, -0.25) is 4.79 Å². The number of thiophene rings is 2. The number of thioether (sulfide) groups is 1. The fourth-order valence-electron chi connectivity index (χ4n) is 2.17. The quantitative estimate of drug-likeness (QED) is 0.481. The van der Waals surface area contributed by atoms with E-state index in [0.29, 0.717) is 30.5 Å². The highest BCUT2D eigenvalue weighted by molar-refractivity contribution is 9.11. The predicted molar refractivity (Wildman–Crippen MR) is 105 cm³/mol. The molecule has 3 aromatic rings. The molecule has 3 heterocycles. The number of carbonyl (C=O) groups is 1. The predicted octanol–water partition coefficient (Wildman–Crippen LogP) is 3.75. The molecule has 0 aromatic carbocycles. The van der Waals surface area contributed by atoms with Crippen molar-refractivity contribution in [3.05, 3.63) is 43.2 Å².